The van der Waals surface area contributed by atoms with E-state index in [1.165, 1.54) is 4.68 Å². The Labute approximate surface area is 263 Å². The normalized spacial score (nSPS) is 18.7. The molecule has 0 saturated carbocycles. The number of nitrogens with two attached hydrogens (primary N) is 1. The number of H-pyrrole nitrogens is 1. The number of hydrogen-bond acceptors (Lipinski definition) is 8. The van der Waals surface area contributed by atoms with Crippen molar-refractivity contribution in [3.63, 3.8) is 0 Å². The summed E-state index contributed by atoms with van der Waals surface area (Å²) in [6.07, 6.45) is -7.66. The van der Waals surface area contributed by atoms with Crippen LogP contribution >= 0.6 is 0 Å². The number of carbonyl (C=O) groups excluding carboxylic acids is 1. The minimum absolute atomic E-state index is 0.00984. The van der Waals surface area contributed by atoms with Gasteiger partial charge in [0.05, 0.1) is 19.3 Å². The molecule has 0 unspecified atom stereocenters. The predicted octanol–water partition coefficient (Wildman–Crippen LogP) is 1.96. The van der Waals surface area contributed by atoms with Crippen LogP contribution in [-0.4, -0.2) is 70.6 Å². The van der Waals surface area contributed by atoms with E-state index in [0.717, 1.165) is 10.4 Å². The van der Waals surface area contributed by atoms with Gasteiger partial charge >= 0.3 is 12.1 Å². The Balaban J connectivity index is 1.44. The summed E-state index contributed by atoms with van der Waals surface area (Å²) in [5, 5.41) is 18.9. The van der Waals surface area contributed by atoms with Crippen molar-refractivity contribution in [3.8, 4) is 11.8 Å². The van der Waals surface area contributed by atoms with Crippen LogP contribution in [0.15, 0.2) is 65.5 Å². The van der Waals surface area contributed by atoms with E-state index < -0.39 is 50.9 Å². The lowest BCUT2D eigenvalue weighted by Crippen LogP contribution is -2.67. The van der Waals surface area contributed by atoms with Gasteiger partial charge in [-0.25, -0.2) is 4.68 Å². The summed E-state index contributed by atoms with van der Waals surface area (Å²) in [7, 11) is -2.95. The Morgan fingerprint density at radius 3 is 2.33 bits per heavy atom. The van der Waals surface area contributed by atoms with Gasteiger partial charge in [-0.15, -0.1) is 0 Å². The number of ether oxygens (including phenoxy) is 1. The quantitative estimate of drug-likeness (QED) is 0.174. The van der Waals surface area contributed by atoms with Crippen molar-refractivity contribution in [2.75, 3.05) is 18.9 Å². The molecule has 5 N–H and O–H groups in total. The molecule has 1 fully saturated rings. The maximum absolute atomic E-state index is 12.8. The number of aliphatic hydroxyl groups excluding tert-OH is 1. The summed E-state index contributed by atoms with van der Waals surface area (Å²) in [5.41, 5.74) is 5.01. The second-order valence-electron chi connectivity index (χ2n) is 11.8. The van der Waals surface area contributed by atoms with E-state index in [9.17, 15) is 27.9 Å². The molecule has 11 nitrogen and oxygen atoms in total. The van der Waals surface area contributed by atoms with Crippen LogP contribution in [0.25, 0.3) is 11.0 Å². The minimum atomic E-state index is -5.06. The van der Waals surface area contributed by atoms with Crippen LogP contribution in [0, 0.1) is 11.8 Å². The zero-order valence-corrected chi connectivity index (χ0v) is 26.3. The molecule has 1 aliphatic rings. The first-order valence-electron chi connectivity index (χ1n) is 14.4. The number of aromatic nitrogens is 4. The fourth-order valence-electron chi connectivity index (χ4n) is 5.69. The second kappa shape index (κ2) is 12.7. The lowest BCUT2D eigenvalue weighted by atomic mass is 10.2. The number of nitrogens with zero attached hydrogens (tertiary/aromatic N) is 3. The molecular formula is C31H33F3N6O5Si. The third-order valence-electron chi connectivity index (χ3n) is 7.74. The smallest absolute Gasteiger partial charge is 0.405 e. The highest BCUT2D eigenvalue weighted by atomic mass is 28.4. The standard InChI is InChI=1S/C31H33F3N6O5Si/c1-30(2,3)46(19-11-6-4-7-12-19,20-13-8-5-9-14-20)44-18-23-22(41)17-24(45-23)40-26-25(27(42)38-29(35)37-26)21(39-40)15-10-16-36-28(43)31(32,33)34/h4-9,11-14,22-24,41H,16-18H2,1-3H3,(H,36,43)(H3,35,37,38,42)/t22-,23-,24-/m1/s1. The molecule has 3 atom stereocenters. The lowest BCUT2D eigenvalue weighted by Gasteiger charge is -2.43. The Kier molecular flexibility index (Phi) is 9.09. The van der Waals surface area contributed by atoms with Gasteiger partial charge in [-0.2, -0.15) is 23.3 Å². The Morgan fingerprint density at radius 1 is 1.15 bits per heavy atom. The summed E-state index contributed by atoms with van der Waals surface area (Å²) >= 11 is 0. The van der Waals surface area contributed by atoms with E-state index in [1.54, 1.807) is 5.32 Å². The molecule has 0 bridgehead atoms. The van der Waals surface area contributed by atoms with Crippen LogP contribution in [0.5, 0.6) is 0 Å². The van der Waals surface area contributed by atoms with Crippen molar-refractivity contribution in [2.45, 2.75) is 56.8 Å². The molecule has 3 heterocycles. The number of aliphatic hydroxyl groups is 1. The number of anilines is 1. The molecule has 1 amide bonds. The molecule has 0 spiro atoms. The van der Waals surface area contributed by atoms with Crippen molar-refractivity contribution < 1.29 is 32.2 Å². The summed E-state index contributed by atoms with van der Waals surface area (Å²) < 4.78 is 52.0. The van der Waals surface area contributed by atoms with E-state index >= 15 is 0 Å². The molecule has 5 rings (SSSR count). The number of benzene rings is 2. The van der Waals surface area contributed by atoms with E-state index in [-0.39, 0.29) is 40.7 Å². The van der Waals surface area contributed by atoms with Gasteiger partial charge in [0.15, 0.2) is 17.6 Å². The van der Waals surface area contributed by atoms with Crippen molar-refractivity contribution in [1.82, 2.24) is 25.1 Å². The Hall–Kier alpha value is -4.49. The number of halogens is 3. The molecule has 0 aliphatic carbocycles. The fraction of sp³-hybridized carbons (Fsp3) is 0.355. The van der Waals surface area contributed by atoms with Gasteiger partial charge in [-0.1, -0.05) is 87.4 Å². The monoisotopic (exact) mass is 654 g/mol. The zero-order valence-electron chi connectivity index (χ0n) is 25.3. The molecule has 2 aromatic carbocycles. The van der Waals surface area contributed by atoms with Crippen LogP contribution in [-0.2, 0) is 14.0 Å². The first-order chi connectivity index (χ1) is 21.7. The van der Waals surface area contributed by atoms with E-state index in [1.807, 2.05) is 36.4 Å². The van der Waals surface area contributed by atoms with Gasteiger partial charge in [0, 0.05) is 6.42 Å². The zero-order chi connectivity index (χ0) is 33.3. The summed E-state index contributed by atoms with van der Waals surface area (Å²) in [6, 6.07) is 20.0. The molecule has 15 heteroatoms. The average molecular weight is 655 g/mol. The SMILES string of the molecule is CC(C)(C)[Si](OC[C@H]1O[C@@H](n2nc(C#CCNC(=O)C(F)(F)F)c3c(=O)[nH]c(N)nc32)C[C@H]1O)(c1ccccc1)c1ccccc1. The van der Waals surface area contributed by atoms with Gasteiger partial charge < -0.3 is 25.3 Å². The number of aromatic amines is 1. The molecule has 1 saturated heterocycles. The van der Waals surface area contributed by atoms with Crippen molar-refractivity contribution in [2.24, 2.45) is 0 Å². The van der Waals surface area contributed by atoms with Crippen LogP contribution in [0.4, 0.5) is 19.1 Å². The maximum Gasteiger partial charge on any atom is 0.471 e. The maximum atomic E-state index is 12.8. The largest absolute Gasteiger partial charge is 0.471 e. The van der Waals surface area contributed by atoms with Gasteiger partial charge in [-0.05, 0) is 21.3 Å². The summed E-state index contributed by atoms with van der Waals surface area (Å²) in [4.78, 5) is 30.4. The Bertz CT molecular complexity index is 1790. The highest BCUT2D eigenvalue weighted by molar-refractivity contribution is 6.99. The molecule has 1 aliphatic heterocycles. The first kappa shape index (κ1) is 32.9. The molecule has 2 aromatic heterocycles. The Morgan fingerprint density at radius 2 is 1.76 bits per heavy atom. The summed E-state index contributed by atoms with van der Waals surface area (Å²) in [5.74, 6) is 2.53. The van der Waals surface area contributed by atoms with E-state index in [0.29, 0.717) is 0 Å². The highest BCUT2D eigenvalue weighted by Gasteiger charge is 2.51. The van der Waals surface area contributed by atoms with Gasteiger partial charge in [0.1, 0.15) is 11.5 Å². The van der Waals surface area contributed by atoms with Crippen molar-refractivity contribution in [3.05, 3.63) is 76.7 Å². The first-order valence-corrected chi connectivity index (χ1v) is 16.3. The van der Waals surface area contributed by atoms with Crippen LogP contribution in [0.1, 0.15) is 39.1 Å². The van der Waals surface area contributed by atoms with Crippen molar-refractivity contribution >= 4 is 41.6 Å². The average Bonchev–Trinajstić information content (AvgIpc) is 3.55. The van der Waals surface area contributed by atoms with Crippen LogP contribution in [0.2, 0.25) is 5.04 Å². The van der Waals surface area contributed by atoms with Gasteiger partial charge in [0.25, 0.3) is 13.9 Å². The van der Waals surface area contributed by atoms with E-state index in [2.05, 4.69) is 71.9 Å². The molecule has 0 radical (unpaired) electrons. The van der Waals surface area contributed by atoms with Gasteiger partial charge in [0.2, 0.25) is 5.95 Å². The molecule has 4 aromatic rings. The number of fused-ring (bicyclic) bond motifs is 1. The summed E-state index contributed by atoms with van der Waals surface area (Å²) in [6.45, 7) is 5.80. The molecular weight excluding hydrogens is 621 g/mol. The second-order valence-corrected chi connectivity index (χ2v) is 16.1. The topological polar surface area (TPSA) is 157 Å². The van der Waals surface area contributed by atoms with Crippen molar-refractivity contribution in [1.29, 1.82) is 0 Å². The number of rotatable bonds is 7. The number of carbonyl (C=O) groups is 1. The number of amides is 1. The van der Waals surface area contributed by atoms with Crippen LogP contribution in [0.3, 0.4) is 0 Å². The minimum Gasteiger partial charge on any atom is -0.405 e. The number of hydrogen-bond donors (Lipinski definition) is 4. The third-order valence-corrected chi connectivity index (χ3v) is 12.7. The van der Waals surface area contributed by atoms with Crippen LogP contribution < -0.4 is 27.0 Å². The molecule has 242 valence electrons. The highest BCUT2D eigenvalue weighted by Crippen LogP contribution is 2.38. The third kappa shape index (κ3) is 6.42. The predicted molar refractivity (Wildman–Crippen MR) is 167 cm³/mol. The number of nitrogens with one attached hydrogen (secondary N) is 2. The van der Waals surface area contributed by atoms with E-state index in [4.69, 9.17) is 14.9 Å². The molecule has 46 heavy (non-hydrogen) atoms. The fourth-order valence-corrected chi connectivity index (χ4v) is 10.3. The van der Waals surface area contributed by atoms with Gasteiger partial charge in [-0.3, -0.25) is 14.6 Å². The number of alkyl halides is 3. The lowest BCUT2D eigenvalue weighted by molar-refractivity contribution is -0.173. The number of nitrogen functional groups attached to an aromatic ring is 1.